The van der Waals surface area contributed by atoms with Crippen LogP contribution in [0.5, 0.6) is 0 Å². The predicted molar refractivity (Wildman–Crippen MR) is 102 cm³/mol. The fraction of sp³-hybridized carbons (Fsp3) is 0.316. The van der Waals surface area contributed by atoms with Crippen LogP contribution in [0.15, 0.2) is 40.2 Å². The Hall–Kier alpha value is -3.67. The molecule has 2 aromatic heterocycles. The molecule has 28 heavy (non-hydrogen) atoms. The van der Waals surface area contributed by atoms with Gasteiger partial charge in [0.1, 0.15) is 0 Å². The van der Waals surface area contributed by atoms with Crippen LogP contribution in [0.3, 0.4) is 0 Å². The van der Waals surface area contributed by atoms with Gasteiger partial charge in [-0.15, -0.1) is 0 Å². The van der Waals surface area contributed by atoms with E-state index in [1.165, 1.54) is 17.9 Å². The summed E-state index contributed by atoms with van der Waals surface area (Å²) in [6.07, 6.45) is 2.31. The van der Waals surface area contributed by atoms with Crippen LogP contribution in [0.1, 0.15) is 24.0 Å². The number of nitrogens with one attached hydrogen (secondary N) is 1. The number of hydrogen-bond donors (Lipinski definition) is 1. The Morgan fingerprint density at radius 1 is 1.25 bits per heavy atom. The second-order valence-electron chi connectivity index (χ2n) is 6.51. The summed E-state index contributed by atoms with van der Waals surface area (Å²) in [6, 6.07) is 9.13. The molecule has 9 heteroatoms. The van der Waals surface area contributed by atoms with Crippen molar-refractivity contribution in [2.75, 3.05) is 0 Å². The third-order valence-electron chi connectivity index (χ3n) is 4.57. The summed E-state index contributed by atoms with van der Waals surface area (Å²) in [7, 11) is 2.99. The van der Waals surface area contributed by atoms with Gasteiger partial charge in [-0.2, -0.15) is 5.26 Å². The summed E-state index contributed by atoms with van der Waals surface area (Å²) in [4.78, 5) is 40.6. The summed E-state index contributed by atoms with van der Waals surface area (Å²) in [5.74, 6) is -0.118. The van der Waals surface area contributed by atoms with E-state index in [-0.39, 0.29) is 12.3 Å². The van der Waals surface area contributed by atoms with Crippen molar-refractivity contribution in [1.82, 2.24) is 24.0 Å². The molecule has 0 aliphatic rings. The highest BCUT2D eigenvalue weighted by atomic mass is 16.2. The first-order valence-electron chi connectivity index (χ1n) is 8.79. The summed E-state index contributed by atoms with van der Waals surface area (Å²) in [6.45, 7) is 0.784. The number of aryl methyl sites for hydroxylation is 2. The number of benzene rings is 1. The molecule has 2 heterocycles. The molecular formula is C19H20N6O3. The minimum atomic E-state index is -0.428. The average molecular weight is 380 g/mol. The van der Waals surface area contributed by atoms with E-state index < -0.39 is 11.2 Å². The topological polar surface area (TPSA) is 115 Å². The number of imidazole rings is 1. The molecule has 1 N–H and O–H groups in total. The first kappa shape index (κ1) is 19.1. The van der Waals surface area contributed by atoms with Gasteiger partial charge in [-0.25, -0.2) is 9.78 Å². The van der Waals surface area contributed by atoms with Crippen molar-refractivity contribution < 1.29 is 4.79 Å². The van der Waals surface area contributed by atoms with Crippen LogP contribution in [-0.4, -0.2) is 24.6 Å². The monoisotopic (exact) mass is 380 g/mol. The second kappa shape index (κ2) is 7.92. The summed E-state index contributed by atoms with van der Waals surface area (Å²) < 4.78 is 4.04. The highest BCUT2D eigenvalue weighted by molar-refractivity contribution is 5.76. The third kappa shape index (κ3) is 3.71. The zero-order valence-electron chi connectivity index (χ0n) is 15.7. The minimum Gasteiger partial charge on any atom is -0.352 e. The van der Waals surface area contributed by atoms with Crippen LogP contribution in [0.4, 0.5) is 0 Å². The second-order valence-corrected chi connectivity index (χ2v) is 6.51. The molecular weight excluding hydrogens is 360 g/mol. The highest BCUT2D eigenvalue weighted by Gasteiger charge is 2.14. The molecule has 0 unspecified atom stereocenters. The molecule has 0 fully saturated rings. The largest absolute Gasteiger partial charge is 0.352 e. The third-order valence-corrected chi connectivity index (χ3v) is 4.57. The normalized spacial score (nSPS) is 10.8. The summed E-state index contributed by atoms with van der Waals surface area (Å²) in [5, 5.41) is 11.7. The number of nitrogens with zero attached hydrogens (tertiary/aromatic N) is 5. The van der Waals surface area contributed by atoms with E-state index in [9.17, 15) is 14.4 Å². The quantitative estimate of drug-likeness (QED) is 0.665. The van der Waals surface area contributed by atoms with Crippen molar-refractivity contribution in [2.45, 2.75) is 25.9 Å². The first-order chi connectivity index (χ1) is 13.4. The SMILES string of the molecule is Cn1c(=O)c2c(ncn2CCCC(=O)NCc2cccc(C#N)c2)n(C)c1=O. The number of carbonyl (C=O) groups is 1. The van der Waals surface area contributed by atoms with Crippen LogP contribution >= 0.6 is 0 Å². The van der Waals surface area contributed by atoms with E-state index in [4.69, 9.17) is 5.26 Å². The van der Waals surface area contributed by atoms with Crippen molar-refractivity contribution >= 4 is 17.1 Å². The molecule has 144 valence electrons. The molecule has 1 aromatic carbocycles. The van der Waals surface area contributed by atoms with Crippen LogP contribution < -0.4 is 16.6 Å². The maximum Gasteiger partial charge on any atom is 0.332 e. The van der Waals surface area contributed by atoms with E-state index in [1.807, 2.05) is 6.07 Å². The Morgan fingerprint density at radius 3 is 2.79 bits per heavy atom. The van der Waals surface area contributed by atoms with Gasteiger partial charge in [0.05, 0.1) is 18.0 Å². The zero-order valence-corrected chi connectivity index (χ0v) is 15.7. The van der Waals surface area contributed by atoms with Crippen molar-refractivity contribution in [3.63, 3.8) is 0 Å². The van der Waals surface area contributed by atoms with E-state index in [1.54, 1.807) is 29.8 Å². The van der Waals surface area contributed by atoms with Gasteiger partial charge in [0.2, 0.25) is 5.91 Å². The van der Waals surface area contributed by atoms with Gasteiger partial charge in [-0.3, -0.25) is 18.7 Å². The number of aromatic nitrogens is 4. The van der Waals surface area contributed by atoms with Crippen LogP contribution in [0.25, 0.3) is 11.2 Å². The molecule has 0 saturated heterocycles. The number of nitriles is 1. The van der Waals surface area contributed by atoms with Gasteiger partial charge >= 0.3 is 5.69 Å². The number of hydrogen-bond acceptors (Lipinski definition) is 5. The Morgan fingerprint density at radius 2 is 2.04 bits per heavy atom. The number of fused-ring (bicyclic) bond motifs is 1. The van der Waals surface area contributed by atoms with E-state index in [0.29, 0.717) is 36.2 Å². The Labute approximate surface area is 160 Å². The van der Waals surface area contributed by atoms with Crippen molar-refractivity contribution in [3.8, 4) is 6.07 Å². The molecule has 0 spiro atoms. The van der Waals surface area contributed by atoms with Gasteiger partial charge in [0.25, 0.3) is 5.56 Å². The number of amides is 1. The predicted octanol–water partition coefficient (Wildman–Crippen LogP) is 0.402. The Balaban J connectivity index is 1.61. The molecule has 0 aliphatic heterocycles. The summed E-state index contributed by atoms with van der Waals surface area (Å²) >= 11 is 0. The standard InChI is InChI=1S/C19H20N6O3/c1-23-17-16(18(27)24(2)19(23)28)25(12-22-17)8-4-7-15(26)21-11-14-6-3-5-13(9-14)10-20/h3,5-6,9,12H,4,7-8,11H2,1-2H3,(H,21,26). The van der Waals surface area contributed by atoms with Gasteiger partial charge in [0, 0.05) is 33.6 Å². The number of rotatable bonds is 6. The Kier molecular flexibility index (Phi) is 5.40. The van der Waals surface area contributed by atoms with E-state index in [0.717, 1.165) is 10.1 Å². The van der Waals surface area contributed by atoms with Gasteiger partial charge in [-0.1, -0.05) is 12.1 Å². The average Bonchev–Trinajstić information content (AvgIpc) is 3.13. The highest BCUT2D eigenvalue weighted by Crippen LogP contribution is 2.08. The van der Waals surface area contributed by atoms with Gasteiger partial charge in [-0.05, 0) is 24.1 Å². The molecule has 0 saturated carbocycles. The van der Waals surface area contributed by atoms with Crippen molar-refractivity contribution in [1.29, 1.82) is 5.26 Å². The molecule has 9 nitrogen and oxygen atoms in total. The minimum absolute atomic E-state index is 0.118. The van der Waals surface area contributed by atoms with Gasteiger partial charge in [0.15, 0.2) is 11.2 Å². The zero-order chi connectivity index (χ0) is 20.3. The molecule has 1 amide bonds. The maximum absolute atomic E-state index is 12.4. The summed E-state index contributed by atoms with van der Waals surface area (Å²) in [5.41, 5.74) is 1.25. The van der Waals surface area contributed by atoms with Crippen molar-refractivity contribution in [2.24, 2.45) is 14.1 Å². The lowest BCUT2D eigenvalue weighted by Crippen LogP contribution is -2.37. The van der Waals surface area contributed by atoms with Crippen LogP contribution in [-0.2, 0) is 32.0 Å². The molecule has 3 aromatic rings. The fourth-order valence-electron chi connectivity index (χ4n) is 3.02. The fourth-order valence-corrected chi connectivity index (χ4v) is 3.02. The molecule has 0 atom stereocenters. The van der Waals surface area contributed by atoms with Crippen LogP contribution in [0, 0.1) is 11.3 Å². The van der Waals surface area contributed by atoms with Crippen molar-refractivity contribution in [3.05, 3.63) is 62.6 Å². The maximum atomic E-state index is 12.4. The van der Waals surface area contributed by atoms with Gasteiger partial charge < -0.3 is 9.88 Å². The lowest BCUT2D eigenvalue weighted by atomic mass is 10.1. The van der Waals surface area contributed by atoms with E-state index >= 15 is 0 Å². The number of carbonyl (C=O) groups excluding carboxylic acids is 1. The molecule has 0 radical (unpaired) electrons. The molecule has 0 bridgehead atoms. The lowest BCUT2D eigenvalue weighted by Gasteiger charge is -2.08. The van der Waals surface area contributed by atoms with E-state index in [2.05, 4.69) is 16.4 Å². The first-order valence-corrected chi connectivity index (χ1v) is 8.79. The molecule has 0 aliphatic carbocycles. The van der Waals surface area contributed by atoms with Crippen LogP contribution in [0.2, 0.25) is 0 Å². The lowest BCUT2D eigenvalue weighted by molar-refractivity contribution is -0.121. The molecule has 3 rings (SSSR count). The smallest absolute Gasteiger partial charge is 0.332 e. The Bertz CT molecular complexity index is 1200.